The van der Waals surface area contributed by atoms with Crippen molar-refractivity contribution in [3.05, 3.63) is 47.0 Å². The van der Waals surface area contributed by atoms with Crippen molar-refractivity contribution in [3.8, 4) is 11.8 Å². The molecule has 0 N–H and O–H groups in total. The highest BCUT2D eigenvalue weighted by atomic mass is 19.1. The third-order valence-electron chi connectivity index (χ3n) is 2.31. The van der Waals surface area contributed by atoms with Gasteiger partial charge in [-0.3, -0.25) is 0 Å². The average Bonchev–Trinajstić information content (AvgIpc) is 2.57. The first kappa shape index (κ1) is 10.4. The van der Waals surface area contributed by atoms with Crippen molar-refractivity contribution in [1.29, 1.82) is 5.26 Å². The molecule has 0 spiro atoms. The first-order valence-corrected chi connectivity index (χ1v) is 4.85. The van der Waals surface area contributed by atoms with E-state index in [9.17, 15) is 4.39 Å². The van der Waals surface area contributed by atoms with Crippen LogP contribution in [0.2, 0.25) is 0 Å². The highest BCUT2D eigenvalue weighted by molar-refractivity contribution is 5.41. The van der Waals surface area contributed by atoms with E-state index < -0.39 is 5.82 Å². The summed E-state index contributed by atoms with van der Waals surface area (Å²) in [5.74, 6) is -0.440. The Kier molecular flexibility index (Phi) is 2.45. The van der Waals surface area contributed by atoms with Crippen LogP contribution in [0.25, 0.3) is 5.69 Å². The van der Waals surface area contributed by atoms with E-state index >= 15 is 0 Å². The normalized spacial score (nSPS) is 10.1. The summed E-state index contributed by atoms with van der Waals surface area (Å²) in [5, 5.41) is 12.8. The molecule has 0 aliphatic rings. The van der Waals surface area contributed by atoms with Crippen LogP contribution in [0.3, 0.4) is 0 Å². The number of hydrogen-bond donors (Lipinski definition) is 0. The summed E-state index contributed by atoms with van der Waals surface area (Å²) in [5.41, 5.74) is 2.37. The topological polar surface area (TPSA) is 41.6 Å². The second-order valence-electron chi connectivity index (χ2n) is 3.62. The summed E-state index contributed by atoms with van der Waals surface area (Å²) in [6, 6.07) is 8.12. The first-order chi connectivity index (χ1) is 7.61. The van der Waals surface area contributed by atoms with Gasteiger partial charge in [-0.2, -0.15) is 10.4 Å². The maximum absolute atomic E-state index is 13.7. The Morgan fingerprint density at radius 1 is 1.31 bits per heavy atom. The summed E-state index contributed by atoms with van der Waals surface area (Å²) in [6.07, 6.45) is 0. The van der Waals surface area contributed by atoms with Gasteiger partial charge in [0.1, 0.15) is 11.5 Å². The molecule has 0 atom stereocenters. The highest BCUT2D eigenvalue weighted by Crippen LogP contribution is 2.16. The average molecular weight is 215 g/mol. The number of nitriles is 1. The number of halogens is 1. The van der Waals surface area contributed by atoms with E-state index in [1.165, 1.54) is 10.7 Å². The van der Waals surface area contributed by atoms with Gasteiger partial charge in [0.25, 0.3) is 0 Å². The monoisotopic (exact) mass is 215 g/mol. The lowest BCUT2D eigenvalue weighted by Gasteiger charge is -2.05. The molecule has 0 saturated carbocycles. The second kappa shape index (κ2) is 3.78. The standard InChI is InChI=1S/C12H10FN3/c1-8-5-9(2)16(15-8)12-4-3-10(7-14)6-11(12)13/h3-6H,1-2H3. The predicted molar refractivity (Wildman–Crippen MR) is 57.7 cm³/mol. The molecule has 0 radical (unpaired) electrons. The summed E-state index contributed by atoms with van der Waals surface area (Å²) in [7, 11) is 0. The van der Waals surface area contributed by atoms with E-state index in [-0.39, 0.29) is 0 Å². The van der Waals surface area contributed by atoms with E-state index in [2.05, 4.69) is 5.10 Å². The van der Waals surface area contributed by atoms with Crippen molar-refractivity contribution >= 4 is 0 Å². The fourth-order valence-electron chi connectivity index (χ4n) is 1.62. The molecule has 2 aromatic rings. The molecule has 0 unspecified atom stereocenters. The molecule has 1 heterocycles. The van der Waals surface area contributed by atoms with Crippen LogP contribution in [0.1, 0.15) is 17.0 Å². The van der Waals surface area contributed by atoms with Gasteiger partial charge in [0.15, 0.2) is 0 Å². The van der Waals surface area contributed by atoms with Crippen LogP contribution in [-0.4, -0.2) is 9.78 Å². The Balaban J connectivity index is 2.57. The van der Waals surface area contributed by atoms with Gasteiger partial charge < -0.3 is 0 Å². The second-order valence-corrected chi connectivity index (χ2v) is 3.62. The van der Waals surface area contributed by atoms with Crippen LogP contribution < -0.4 is 0 Å². The summed E-state index contributed by atoms with van der Waals surface area (Å²) in [6.45, 7) is 3.71. The molecule has 0 aliphatic carbocycles. The lowest BCUT2D eigenvalue weighted by molar-refractivity contribution is 0.607. The Labute approximate surface area is 92.7 Å². The van der Waals surface area contributed by atoms with Crippen molar-refractivity contribution in [3.63, 3.8) is 0 Å². The van der Waals surface area contributed by atoms with E-state index in [0.717, 1.165) is 11.4 Å². The van der Waals surface area contributed by atoms with Crippen molar-refractivity contribution in [2.75, 3.05) is 0 Å². The largest absolute Gasteiger partial charge is 0.235 e. The van der Waals surface area contributed by atoms with Gasteiger partial charge >= 0.3 is 0 Å². The molecule has 1 aromatic carbocycles. The van der Waals surface area contributed by atoms with E-state index in [0.29, 0.717) is 11.3 Å². The molecule has 0 fully saturated rings. The van der Waals surface area contributed by atoms with Gasteiger partial charge in [0.2, 0.25) is 0 Å². The van der Waals surface area contributed by atoms with Crippen LogP contribution >= 0.6 is 0 Å². The molecule has 0 amide bonds. The zero-order chi connectivity index (χ0) is 11.7. The third-order valence-corrected chi connectivity index (χ3v) is 2.31. The van der Waals surface area contributed by atoms with E-state index in [1.54, 1.807) is 12.1 Å². The predicted octanol–water partition coefficient (Wildman–Crippen LogP) is 2.50. The molecule has 80 valence electrons. The Morgan fingerprint density at radius 3 is 2.56 bits per heavy atom. The molecule has 4 heteroatoms. The molecule has 3 nitrogen and oxygen atoms in total. The number of benzene rings is 1. The SMILES string of the molecule is Cc1cc(C)n(-c2ccc(C#N)cc2F)n1. The van der Waals surface area contributed by atoms with Crippen LogP contribution in [-0.2, 0) is 0 Å². The summed E-state index contributed by atoms with van der Waals surface area (Å²) in [4.78, 5) is 0. The minimum absolute atomic E-state index is 0.308. The minimum atomic E-state index is -0.440. The molecule has 2 rings (SSSR count). The number of hydrogen-bond acceptors (Lipinski definition) is 2. The summed E-state index contributed by atoms with van der Waals surface area (Å²) < 4.78 is 15.2. The fourth-order valence-corrected chi connectivity index (χ4v) is 1.62. The molecular formula is C12H10FN3. The molecule has 0 saturated heterocycles. The lowest BCUT2D eigenvalue weighted by atomic mass is 10.2. The number of nitrogens with zero attached hydrogens (tertiary/aromatic N) is 3. The zero-order valence-corrected chi connectivity index (χ0v) is 9.03. The molecule has 0 aliphatic heterocycles. The quantitative estimate of drug-likeness (QED) is 0.733. The fraction of sp³-hybridized carbons (Fsp3) is 0.167. The van der Waals surface area contributed by atoms with Crippen LogP contribution in [0.15, 0.2) is 24.3 Å². The molecule has 1 aromatic heterocycles. The smallest absolute Gasteiger partial charge is 0.150 e. The molecule has 16 heavy (non-hydrogen) atoms. The lowest BCUT2D eigenvalue weighted by Crippen LogP contribution is -2.02. The Hall–Kier alpha value is -2.15. The van der Waals surface area contributed by atoms with E-state index in [1.807, 2.05) is 26.0 Å². The highest BCUT2D eigenvalue weighted by Gasteiger charge is 2.09. The molecular weight excluding hydrogens is 205 g/mol. The van der Waals surface area contributed by atoms with Gasteiger partial charge in [0.05, 0.1) is 17.3 Å². The van der Waals surface area contributed by atoms with Gasteiger partial charge in [-0.25, -0.2) is 9.07 Å². The van der Waals surface area contributed by atoms with Crippen molar-refractivity contribution in [2.45, 2.75) is 13.8 Å². The van der Waals surface area contributed by atoms with Crippen LogP contribution in [0.5, 0.6) is 0 Å². The van der Waals surface area contributed by atoms with Crippen LogP contribution in [0.4, 0.5) is 4.39 Å². The number of aromatic nitrogens is 2. The summed E-state index contributed by atoms with van der Waals surface area (Å²) >= 11 is 0. The number of rotatable bonds is 1. The van der Waals surface area contributed by atoms with Crippen LogP contribution in [0, 0.1) is 31.0 Å². The van der Waals surface area contributed by atoms with Crippen molar-refractivity contribution in [2.24, 2.45) is 0 Å². The van der Waals surface area contributed by atoms with Gasteiger partial charge in [-0.15, -0.1) is 0 Å². The number of aryl methyl sites for hydroxylation is 2. The molecule has 0 bridgehead atoms. The first-order valence-electron chi connectivity index (χ1n) is 4.85. The van der Waals surface area contributed by atoms with E-state index in [4.69, 9.17) is 5.26 Å². The van der Waals surface area contributed by atoms with Gasteiger partial charge in [-0.05, 0) is 38.1 Å². The maximum Gasteiger partial charge on any atom is 0.150 e. The van der Waals surface area contributed by atoms with Gasteiger partial charge in [0, 0.05) is 5.69 Å². The third kappa shape index (κ3) is 1.68. The maximum atomic E-state index is 13.7. The minimum Gasteiger partial charge on any atom is -0.235 e. The Morgan fingerprint density at radius 2 is 2.06 bits per heavy atom. The van der Waals surface area contributed by atoms with Crippen molar-refractivity contribution < 1.29 is 4.39 Å². The van der Waals surface area contributed by atoms with Crippen molar-refractivity contribution in [1.82, 2.24) is 9.78 Å². The zero-order valence-electron chi connectivity index (χ0n) is 9.03. The van der Waals surface area contributed by atoms with Gasteiger partial charge in [-0.1, -0.05) is 0 Å². The Bertz CT molecular complexity index is 578.